The standard InChI is InChI=1S/C16H20ClN3/c1-16(10-18)4-6-20(11-16)9-13-8-14(17)7-12-3-2-5-19-15(12)13/h2-3,5,7-8H,4,6,9-11,18H2,1H3. The van der Waals surface area contributed by atoms with E-state index >= 15 is 0 Å². The molecule has 3 rings (SSSR count). The number of halogens is 1. The molecule has 0 aliphatic carbocycles. The molecule has 1 aliphatic rings. The van der Waals surface area contributed by atoms with Crippen LogP contribution >= 0.6 is 11.6 Å². The monoisotopic (exact) mass is 289 g/mol. The van der Waals surface area contributed by atoms with Crippen LogP contribution in [0.25, 0.3) is 10.9 Å². The van der Waals surface area contributed by atoms with E-state index < -0.39 is 0 Å². The molecule has 0 saturated carbocycles. The predicted octanol–water partition coefficient (Wildman–Crippen LogP) is 3.06. The second-order valence-corrected chi connectivity index (χ2v) is 6.55. The van der Waals surface area contributed by atoms with Crippen LogP contribution in [0.5, 0.6) is 0 Å². The molecule has 1 aliphatic heterocycles. The van der Waals surface area contributed by atoms with E-state index in [0.717, 1.165) is 48.5 Å². The molecule has 1 unspecified atom stereocenters. The van der Waals surface area contributed by atoms with Crippen molar-refractivity contribution in [1.82, 2.24) is 9.88 Å². The molecule has 1 aromatic heterocycles. The summed E-state index contributed by atoms with van der Waals surface area (Å²) in [7, 11) is 0. The Balaban J connectivity index is 1.88. The molecule has 106 valence electrons. The molecule has 2 aromatic rings. The van der Waals surface area contributed by atoms with Crippen LogP contribution in [0.3, 0.4) is 0 Å². The van der Waals surface area contributed by atoms with Gasteiger partial charge in [-0.15, -0.1) is 0 Å². The first kappa shape index (κ1) is 13.8. The average molecular weight is 290 g/mol. The number of benzene rings is 1. The maximum absolute atomic E-state index is 6.23. The van der Waals surface area contributed by atoms with E-state index in [0.29, 0.717) is 0 Å². The van der Waals surface area contributed by atoms with E-state index in [-0.39, 0.29) is 5.41 Å². The van der Waals surface area contributed by atoms with Crippen molar-refractivity contribution >= 4 is 22.5 Å². The summed E-state index contributed by atoms with van der Waals surface area (Å²) < 4.78 is 0. The quantitative estimate of drug-likeness (QED) is 0.944. The highest BCUT2D eigenvalue weighted by Gasteiger charge is 2.32. The molecule has 2 N–H and O–H groups in total. The fraction of sp³-hybridized carbons (Fsp3) is 0.438. The van der Waals surface area contributed by atoms with Crippen molar-refractivity contribution in [2.24, 2.45) is 11.1 Å². The zero-order valence-electron chi connectivity index (χ0n) is 11.8. The van der Waals surface area contributed by atoms with Gasteiger partial charge in [0.1, 0.15) is 0 Å². The van der Waals surface area contributed by atoms with Gasteiger partial charge in [0.15, 0.2) is 0 Å². The first-order chi connectivity index (χ1) is 9.59. The molecule has 0 bridgehead atoms. The molecule has 20 heavy (non-hydrogen) atoms. The lowest BCUT2D eigenvalue weighted by atomic mass is 9.90. The van der Waals surface area contributed by atoms with Gasteiger partial charge >= 0.3 is 0 Å². The van der Waals surface area contributed by atoms with Crippen LogP contribution in [0, 0.1) is 5.41 Å². The third kappa shape index (κ3) is 2.66. The molecule has 1 saturated heterocycles. The van der Waals surface area contributed by atoms with Gasteiger partial charge in [0.2, 0.25) is 0 Å². The van der Waals surface area contributed by atoms with Crippen LogP contribution in [0.1, 0.15) is 18.9 Å². The van der Waals surface area contributed by atoms with Gasteiger partial charge in [0, 0.05) is 29.7 Å². The van der Waals surface area contributed by atoms with Crippen LogP contribution in [0.2, 0.25) is 5.02 Å². The lowest BCUT2D eigenvalue weighted by molar-refractivity contribution is 0.275. The van der Waals surface area contributed by atoms with Gasteiger partial charge in [0.05, 0.1) is 5.52 Å². The highest BCUT2D eigenvalue weighted by Crippen LogP contribution is 2.31. The highest BCUT2D eigenvalue weighted by molar-refractivity contribution is 6.31. The third-order valence-electron chi connectivity index (χ3n) is 4.27. The number of likely N-dealkylation sites (tertiary alicyclic amines) is 1. The summed E-state index contributed by atoms with van der Waals surface area (Å²) >= 11 is 6.23. The fourth-order valence-electron chi connectivity index (χ4n) is 3.02. The predicted molar refractivity (Wildman–Crippen MR) is 83.8 cm³/mol. The summed E-state index contributed by atoms with van der Waals surface area (Å²) in [6, 6.07) is 8.02. The topological polar surface area (TPSA) is 42.1 Å². The van der Waals surface area contributed by atoms with Crippen LogP contribution in [0.4, 0.5) is 0 Å². The van der Waals surface area contributed by atoms with E-state index in [9.17, 15) is 0 Å². The number of rotatable bonds is 3. The number of nitrogens with zero attached hydrogens (tertiary/aromatic N) is 2. The lowest BCUT2D eigenvalue weighted by Gasteiger charge is -2.23. The van der Waals surface area contributed by atoms with Crippen LogP contribution in [-0.4, -0.2) is 29.5 Å². The van der Waals surface area contributed by atoms with Crippen molar-refractivity contribution in [2.75, 3.05) is 19.6 Å². The van der Waals surface area contributed by atoms with Crippen molar-refractivity contribution < 1.29 is 0 Å². The number of aromatic nitrogens is 1. The van der Waals surface area contributed by atoms with E-state index in [4.69, 9.17) is 17.3 Å². The molecule has 1 atom stereocenters. The maximum Gasteiger partial charge on any atom is 0.0747 e. The number of pyridine rings is 1. The van der Waals surface area contributed by atoms with Crippen LogP contribution < -0.4 is 5.73 Å². The summed E-state index contributed by atoms with van der Waals surface area (Å²) in [4.78, 5) is 6.96. The second kappa shape index (κ2) is 5.32. The zero-order valence-corrected chi connectivity index (χ0v) is 12.5. The number of hydrogen-bond donors (Lipinski definition) is 1. The second-order valence-electron chi connectivity index (χ2n) is 6.12. The Kier molecular flexibility index (Phi) is 3.67. The van der Waals surface area contributed by atoms with Gasteiger partial charge in [-0.05, 0) is 48.7 Å². The minimum absolute atomic E-state index is 0.252. The van der Waals surface area contributed by atoms with Gasteiger partial charge < -0.3 is 5.73 Å². The summed E-state index contributed by atoms with van der Waals surface area (Å²) in [6.45, 7) is 6.04. The maximum atomic E-state index is 6.23. The number of fused-ring (bicyclic) bond motifs is 1. The van der Waals surface area contributed by atoms with E-state index in [2.05, 4.69) is 22.9 Å². The Bertz CT molecular complexity index is 628. The van der Waals surface area contributed by atoms with E-state index in [1.165, 1.54) is 5.56 Å². The molecule has 0 spiro atoms. The smallest absolute Gasteiger partial charge is 0.0747 e. The highest BCUT2D eigenvalue weighted by atomic mass is 35.5. The largest absolute Gasteiger partial charge is 0.330 e. The average Bonchev–Trinajstić information content (AvgIpc) is 2.81. The van der Waals surface area contributed by atoms with Crippen molar-refractivity contribution in [1.29, 1.82) is 0 Å². The van der Waals surface area contributed by atoms with E-state index in [1.807, 2.05) is 24.4 Å². The molecule has 2 heterocycles. The van der Waals surface area contributed by atoms with Gasteiger partial charge in [-0.25, -0.2) is 0 Å². The Morgan fingerprint density at radius 2 is 2.30 bits per heavy atom. The van der Waals surface area contributed by atoms with Crippen molar-refractivity contribution in [3.8, 4) is 0 Å². The number of nitrogens with two attached hydrogens (primary N) is 1. The number of hydrogen-bond acceptors (Lipinski definition) is 3. The molecule has 0 radical (unpaired) electrons. The first-order valence-corrected chi connectivity index (χ1v) is 7.43. The molecule has 0 amide bonds. The van der Waals surface area contributed by atoms with Crippen molar-refractivity contribution in [2.45, 2.75) is 19.9 Å². The zero-order chi connectivity index (χ0) is 14.2. The van der Waals surface area contributed by atoms with Gasteiger partial charge in [-0.1, -0.05) is 24.6 Å². The lowest BCUT2D eigenvalue weighted by Crippen LogP contribution is -2.31. The molecule has 1 fully saturated rings. The Hall–Kier alpha value is -1.16. The van der Waals surface area contributed by atoms with Crippen molar-refractivity contribution in [3.63, 3.8) is 0 Å². The Morgan fingerprint density at radius 3 is 3.05 bits per heavy atom. The Morgan fingerprint density at radius 1 is 1.45 bits per heavy atom. The Labute approximate surface area is 124 Å². The fourth-order valence-corrected chi connectivity index (χ4v) is 3.27. The summed E-state index contributed by atoms with van der Waals surface area (Å²) in [5, 5.41) is 1.89. The normalized spacial score (nSPS) is 23.6. The summed E-state index contributed by atoms with van der Waals surface area (Å²) in [5.74, 6) is 0. The van der Waals surface area contributed by atoms with Crippen molar-refractivity contribution in [3.05, 3.63) is 41.0 Å². The SMILES string of the molecule is CC1(CN)CCN(Cc2cc(Cl)cc3cccnc23)C1. The minimum Gasteiger partial charge on any atom is -0.330 e. The first-order valence-electron chi connectivity index (χ1n) is 7.05. The molecular weight excluding hydrogens is 270 g/mol. The molecular formula is C16H20ClN3. The van der Waals surface area contributed by atoms with Gasteiger partial charge in [-0.3, -0.25) is 9.88 Å². The summed E-state index contributed by atoms with van der Waals surface area (Å²) in [5.41, 5.74) is 8.39. The third-order valence-corrected chi connectivity index (χ3v) is 4.49. The molecule has 1 aromatic carbocycles. The van der Waals surface area contributed by atoms with Gasteiger partial charge in [0.25, 0.3) is 0 Å². The van der Waals surface area contributed by atoms with Gasteiger partial charge in [-0.2, -0.15) is 0 Å². The molecule has 4 heteroatoms. The van der Waals surface area contributed by atoms with E-state index in [1.54, 1.807) is 0 Å². The van der Waals surface area contributed by atoms with Crippen LogP contribution in [0.15, 0.2) is 30.5 Å². The van der Waals surface area contributed by atoms with Crippen LogP contribution in [-0.2, 0) is 6.54 Å². The summed E-state index contributed by atoms with van der Waals surface area (Å²) in [6.07, 6.45) is 3.00. The molecule has 3 nitrogen and oxygen atoms in total. The minimum atomic E-state index is 0.252.